The minimum Gasteiger partial charge on any atom is -0.354 e. The van der Waals surface area contributed by atoms with E-state index >= 15 is 0 Å². The summed E-state index contributed by atoms with van der Waals surface area (Å²) in [6.07, 6.45) is 18.6. The first-order chi connectivity index (χ1) is 11.8. The molecule has 0 N–H and O–H groups in total. The molecule has 0 saturated heterocycles. The normalized spacial score (nSPS) is 12.0. The third-order valence-electron chi connectivity index (χ3n) is 5.98. The summed E-state index contributed by atoms with van der Waals surface area (Å²) in [7, 11) is 0. The van der Waals surface area contributed by atoms with Crippen molar-refractivity contribution in [3.8, 4) is 0 Å². The first-order valence-electron chi connectivity index (χ1n) is 10.7. The van der Waals surface area contributed by atoms with Gasteiger partial charge in [0, 0.05) is 18.9 Å². The molecule has 0 aromatic carbocycles. The number of quaternary nitrogens is 1. The zero-order valence-corrected chi connectivity index (χ0v) is 16.8. The number of hydrogen-bond acceptors (Lipinski definition) is 0. The van der Waals surface area contributed by atoms with E-state index in [9.17, 15) is 0 Å². The quantitative estimate of drug-likeness (QED) is 0.248. The molecule has 0 saturated carbocycles. The van der Waals surface area contributed by atoms with Gasteiger partial charge in [-0.05, 0) is 52.2 Å². The Balaban J connectivity index is 1.83. The van der Waals surface area contributed by atoms with Gasteiger partial charge in [-0.3, -0.25) is 0 Å². The summed E-state index contributed by atoms with van der Waals surface area (Å²) in [4.78, 5) is 0. The molecule has 0 bridgehead atoms. The van der Waals surface area contributed by atoms with Crippen molar-refractivity contribution in [2.24, 2.45) is 0 Å². The van der Waals surface area contributed by atoms with Crippen LogP contribution in [0.5, 0.6) is 0 Å². The molecule has 1 aromatic heterocycles. The average molecular weight is 336 g/mol. The van der Waals surface area contributed by atoms with E-state index in [4.69, 9.17) is 0 Å². The van der Waals surface area contributed by atoms with Crippen molar-refractivity contribution < 1.29 is 4.48 Å². The Morgan fingerprint density at radius 2 is 1.00 bits per heavy atom. The fourth-order valence-corrected chi connectivity index (χ4v) is 3.82. The number of hydrogen-bond donors (Lipinski definition) is 0. The topological polar surface area (TPSA) is 4.93 Å². The number of aryl methyl sites for hydroxylation is 1. The highest BCUT2D eigenvalue weighted by molar-refractivity contribution is 4.89. The van der Waals surface area contributed by atoms with Crippen LogP contribution in [-0.2, 0) is 6.54 Å². The second-order valence-electron chi connectivity index (χ2n) is 7.47. The molecule has 0 fully saturated rings. The summed E-state index contributed by atoms with van der Waals surface area (Å²) < 4.78 is 3.62. The Kier molecular flexibility index (Phi) is 12.0. The SMILES string of the molecule is CC[N+](CC)(CC)CCCCCCCCCCCCn1cccc1. The summed E-state index contributed by atoms with van der Waals surface area (Å²) in [5, 5.41) is 0. The average Bonchev–Trinajstić information content (AvgIpc) is 3.13. The molecule has 0 aliphatic carbocycles. The molecular weight excluding hydrogens is 292 g/mol. The highest BCUT2D eigenvalue weighted by atomic mass is 15.3. The van der Waals surface area contributed by atoms with E-state index in [1.54, 1.807) is 0 Å². The maximum Gasteiger partial charge on any atom is 0.0786 e. The summed E-state index contributed by atoms with van der Waals surface area (Å²) in [6, 6.07) is 4.23. The van der Waals surface area contributed by atoms with Crippen LogP contribution in [0, 0.1) is 0 Å². The number of aromatic nitrogens is 1. The van der Waals surface area contributed by atoms with Crippen LogP contribution in [0.15, 0.2) is 24.5 Å². The minimum absolute atomic E-state index is 1.19. The van der Waals surface area contributed by atoms with Crippen LogP contribution in [0.25, 0.3) is 0 Å². The first kappa shape index (κ1) is 21.3. The largest absolute Gasteiger partial charge is 0.354 e. The van der Waals surface area contributed by atoms with Crippen molar-refractivity contribution in [2.45, 2.75) is 91.5 Å². The molecule has 0 radical (unpaired) electrons. The van der Waals surface area contributed by atoms with E-state index in [-0.39, 0.29) is 0 Å². The zero-order chi connectivity index (χ0) is 17.5. The molecule has 0 aliphatic heterocycles. The van der Waals surface area contributed by atoms with Crippen LogP contribution in [-0.4, -0.2) is 35.2 Å². The lowest BCUT2D eigenvalue weighted by Gasteiger charge is -2.35. The predicted molar refractivity (Wildman–Crippen MR) is 107 cm³/mol. The van der Waals surface area contributed by atoms with E-state index in [1.165, 1.54) is 101 Å². The molecule has 1 heterocycles. The lowest BCUT2D eigenvalue weighted by atomic mass is 10.1. The van der Waals surface area contributed by atoms with Gasteiger partial charge in [-0.1, -0.05) is 44.9 Å². The van der Waals surface area contributed by atoms with Gasteiger partial charge < -0.3 is 9.05 Å². The van der Waals surface area contributed by atoms with Gasteiger partial charge in [0.15, 0.2) is 0 Å². The maximum absolute atomic E-state index is 2.35. The van der Waals surface area contributed by atoms with Crippen LogP contribution in [0.3, 0.4) is 0 Å². The van der Waals surface area contributed by atoms with E-state index < -0.39 is 0 Å². The van der Waals surface area contributed by atoms with Gasteiger partial charge in [0.2, 0.25) is 0 Å². The van der Waals surface area contributed by atoms with Crippen molar-refractivity contribution in [3.63, 3.8) is 0 Å². The molecule has 140 valence electrons. The van der Waals surface area contributed by atoms with Crippen molar-refractivity contribution >= 4 is 0 Å². The molecule has 0 spiro atoms. The van der Waals surface area contributed by atoms with Crippen LogP contribution >= 0.6 is 0 Å². The van der Waals surface area contributed by atoms with Gasteiger partial charge in [-0.2, -0.15) is 0 Å². The Morgan fingerprint density at radius 3 is 1.46 bits per heavy atom. The molecule has 24 heavy (non-hydrogen) atoms. The van der Waals surface area contributed by atoms with Crippen LogP contribution in [0.2, 0.25) is 0 Å². The monoisotopic (exact) mass is 335 g/mol. The number of unbranched alkanes of at least 4 members (excludes halogenated alkanes) is 9. The number of nitrogens with zero attached hydrogens (tertiary/aromatic N) is 2. The highest BCUT2D eigenvalue weighted by Crippen LogP contribution is 2.13. The van der Waals surface area contributed by atoms with Gasteiger partial charge in [0.05, 0.1) is 26.2 Å². The van der Waals surface area contributed by atoms with E-state index in [0.29, 0.717) is 0 Å². The molecule has 2 nitrogen and oxygen atoms in total. The fourth-order valence-electron chi connectivity index (χ4n) is 3.82. The Labute approximate surface area is 151 Å². The smallest absolute Gasteiger partial charge is 0.0786 e. The highest BCUT2D eigenvalue weighted by Gasteiger charge is 2.19. The summed E-state index contributed by atoms with van der Waals surface area (Å²) >= 11 is 0. The first-order valence-corrected chi connectivity index (χ1v) is 10.7. The standard InChI is InChI=1S/C22H43N2/c1-4-24(5-2,6-3)22-18-14-12-10-8-7-9-11-13-15-19-23-20-16-17-21-23/h16-17,20-21H,4-15,18-19,22H2,1-3H3/q+1. The molecule has 1 rings (SSSR count). The lowest BCUT2D eigenvalue weighted by molar-refractivity contribution is -0.923. The van der Waals surface area contributed by atoms with Gasteiger partial charge >= 0.3 is 0 Å². The Morgan fingerprint density at radius 1 is 0.583 bits per heavy atom. The van der Waals surface area contributed by atoms with Gasteiger partial charge in [-0.15, -0.1) is 0 Å². The van der Waals surface area contributed by atoms with Gasteiger partial charge in [0.1, 0.15) is 0 Å². The second kappa shape index (κ2) is 13.5. The molecule has 0 unspecified atom stereocenters. The van der Waals surface area contributed by atoms with E-state index in [0.717, 1.165) is 0 Å². The van der Waals surface area contributed by atoms with Crippen molar-refractivity contribution in [1.29, 1.82) is 0 Å². The zero-order valence-electron chi connectivity index (χ0n) is 16.8. The van der Waals surface area contributed by atoms with Gasteiger partial charge in [0.25, 0.3) is 0 Å². The predicted octanol–water partition coefficient (Wildman–Crippen LogP) is 6.27. The molecule has 0 aliphatic rings. The summed E-state index contributed by atoms with van der Waals surface area (Å²) in [6.45, 7) is 13.6. The van der Waals surface area contributed by atoms with Crippen molar-refractivity contribution in [2.75, 3.05) is 26.2 Å². The van der Waals surface area contributed by atoms with Crippen LogP contribution in [0.1, 0.15) is 85.0 Å². The maximum atomic E-state index is 2.35. The Bertz CT molecular complexity index is 357. The van der Waals surface area contributed by atoms with Crippen molar-refractivity contribution in [3.05, 3.63) is 24.5 Å². The Hall–Kier alpha value is -0.760. The lowest BCUT2D eigenvalue weighted by Crippen LogP contribution is -2.48. The summed E-state index contributed by atoms with van der Waals surface area (Å²) in [5.41, 5.74) is 0. The van der Waals surface area contributed by atoms with Gasteiger partial charge in [-0.25, -0.2) is 0 Å². The molecule has 0 atom stereocenters. The third kappa shape index (κ3) is 8.92. The molecular formula is C22H43N2+. The molecule has 1 aromatic rings. The fraction of sp³-hybridized carbons (Fsp3) is 0.818. The van der Waals surface area contributed by atoms with E-state index in [1.807, 2.05) is 0 Å². The van der Waals surface area contributed by atoms with Crippen molar-refractivity contribution in [1.82, 2.24) is 4.57 Å². The van der Waals surface area contributed by atoms with Crippen LogP contribution < -0.4 is 0 Å². The van der Waals surface area contributed by atoms with Crippen LogP contribution in [0.4, 0.5) is 0 Å². The third-order valence-corrected chi connectivity index (χ3v) is 5.98. The minimum atomic E-state index is 1.19. The van der Waals surface area contributed by atoms with E-state index in [2.05, 4.69) is 49.9 Å². The second-order valence-corrected chi connectivity index (χ2v) is 7.47. The molecule has 2 heteroatoms. The molecule has 0 amide bonds. The number of rotatable bonds is 16. The summed E-state index contributed by atoms with van der Waals surface area (Å²) in [5.74, 6) is 0.